The fourth-order valence-corrected chi connectivity index (χ4v) is 4.19. The number of halogens is 1. The first-order valence-corrected chi connectivity index (χ1v) is 10.3. The molecule has 0 bridgehead atoms. The second-order valence-electron chi connectivity index (χ2n) is 6.78. The number of aromatic nitrogens is 1. The summed E-state index contributed by atoms with van der Waals surface area (Å²) in [6.07, 6.45) is 1.68. The third kappa shape index (κ3) is 4.39. The van der Waals surface area contributed by atoms with Gasteiger partial charge in [0.15, 0.2) is 0 Å². The number of rotatable bonds is 6. The van der Waals surface area contributed by atoms with Crippen LogP contribution in [0.2, 0.25) is 0 Å². The van der Waals surface area contributed by atoms with E-state index in [0.717, 1.165) is 10.4 Å². The molecule has 1 amide bonds. The van der Waals surface area contributed by atoms with Crippen LogP contribution >= 0.6 is 11.3 Å². The Morgan fingerprint density at radius 2 is 1.70 bits per heavy atom. The van der Waals surface area contributed by atoms with Crippen LogP contribution in [0.4, 0.5) is 15.2 Å². The van der Waals surface area contributed by atoms with Gasteiger partial charge in [-0.15, -0.1) is 11.3 Å². The Hall–Kier alpha value is -3.51. The number of amides is 1. The van der Waals surface area contributed by atoms with Crippen molar-refractivity contribution in [3.63, 3.8) is 0 Å². The summed E-state index contributed by atoms with van der Waals surface area (Å²) >= 11 is 1.46. The van der Waals surface area contributed by atoms with Crippen molar-refractivity contribution < 1.29 is 9.18 Å². The van der Waals surface area contributed by atoms with E-state index in [0.29, 0.717) is 21.9 Å². The summed E-state index contributed by atoms with van der Waals surface area (Å²) in [5, 5.41) is 7.00. The van der Waals surface area contributed by atoms with Gasteiger partial charge in [-0.25, -0.2) is 9.37 Å². The van der Waals surface area contributed by atoms with Crippen LogP contribution in [0.3, 0.4) is 0 Å². The van der Waals surface area contributed by atoms with E-state index < -0.39 is 6.04 Å². The molecule has 2 aromatic heterocycles. The van der Waals surface area contributed by atoms with E-state index in [1.165, 1.54) is 17.4 Å². The summed E-state index contributed by atoms with van der Waals surface area (Å²) in [6.45, 7) is 1.96. The van der Waals surface area contributed by atoms with E-state index in [4.69, 9.17) is 0 Å². The summed E-state index contributed by atoms with van der Waals surface area (Å²) in [4.78, 5) is 18.1. The largest absolute Gasteiger partial charge is 0.359 e. The first-order valence-electron chi connectivity index (χ1n) is 9.50. The number of pyridine rings is 1. The van der Waals surface area contributed by atoms with E-state index in [1.807, 2.05) is 49.4 Å². The van der Waals surface area contributed by atoms with Gasteiger partial charge in [0.25, 0.3) is 5.91 Å². The Labute approximate surface area is 178 Å². The molecule has 0 aliphatic rings. The molecular formula is C24H20FN3OS. The third-order valence-corrected chi connectivity index (χ3v) is 5.61. The Morgan fingerprint density at radius 3 is 2.43 bits per heavy atom. The highest BCUT2D eigenvalue weighted by molar-refractivity contribution is 7.16. The predicted octanol–water partition coefficient (Wildman–Crippen LogP) is 6.04. The number of carbonyl (C=O) groups excluding carboxylic acids is 1. The molecule has 150 valence electrons. The van der Waals surface area contributed by atoms with Gasteiger partial charge in [0.1, 0.15) is 16.6 Å². The zero-order valence-corrected chi connectivity index (χ0v) is 17.1. The molecule has 0 aliphatic carbocycles. The normalized spacial score (nSPS) is 11.7. The maximum Gasteiger partial charge on any atom is 0.256 e. The summed E-state index contributed by atoms with van der Waals surface area (Å²) in [7, 11) is 0. The Balaban J connectivity index is 1.74. The molecule has 0 saturated heterocycles. The van der Waals surface area contributed by atoms with E-state index in [9.17, 15) is 9.18 Å². The molecule has 4 nitrogen and oxygen atoms in total. The van der Waals surface area contributed by atoms with Crippen molar-refractivity contribution in [2.24, 2.45) is 0 Å². The van der Waals surface area contributed by atoms with E-state index >= 15 is 0 Å². The standard InChI is InChI=1S/C24H20FN3OS/c1-16-15-19(24(30-16)28-23(29)17-9-3-2-4-10-17)22(18-11-5-6-12-20(18)25)27-21-13-7-8-14-26-21/h2-15,22H,1H3,(H,26,27)(H,28,29)/t22-/m1/s1. The average Bonchev–Trinajstić information content (AvgIpc) is 3.13. The molecule has 0 radical (unpaired) electrons. The van der Waals surface area contributed by atoms with Gasteiger partial charge in [-0.3, -0.25) is 4.79 Å². The molecular weight excluding hydrogens is 397 g/mol. The van der Waals surface area contributed by atoms with Crippen LogP contribution < -0.4 is 10.6 Å². The number of benzene rings is 2. The second-order valence-corrected chi connectivity index (χ2v) is 8.03. The monoisotopic (exact) mass is 417 g/mol. The van der Waals surface area contributed by atoms with Gasteiger partial charge in [-0.2, -0.15) is 0 Å². The lowest BCUT2D eigenvalue weighted by molar-refractivity contribution is 0.102. The van der Waals surface area contributed by atoms with Crippen molar-refractivity contribution >= 4 is 28.1 Å². The molecule has 0 spiro atoms. The lowest BCUT2D eigenvalue weighted by Crippen LogP contribution is -2.18. The summed E-state index contributed by atoms with van der Waals surface area (Å²) < 4.78 is 14.7. The quantitative estimate of drug-likeness (QED) is 0.402. The van der Waals surface area contributed by atoms with Crippen molar-refractivity contribution in [2.45, 2.75) is 13.0 Å². The Bertz CT molecular complexity index is 1150. The van der Waals surface area contributed by atoms with Crippen LogP contribution in [0.25, 0.3) is 0 Å². The number of nitrogens with one attached hydrogen (secondary N) is 2. The van der Waals surface area contributed by atoms with Crippen molar-refractivity contribution in [1.82, 2.24) is 4.98 Å². The lowest BCUT2D eigenvalue weighted by atomic mass is 9.99. The number of nitrogens with zero attached hydrogens (tertiary/aromatic N) is 1. The van der Waals surface area contributed by atoms with Gasteiger partial charge in [0.05, 0.1) is 6.04 Å². The van der Waals surface area contributed by atoms with Gasteiger partial charge in [0.2, 0.25) is 0 Å². The molecule has 1 atom stereocenters. The lowest BCUT2D eigenvalue weighted by Gasteiger charge is -2.21. The first-order chi connectivity index (χ1) is 14.6. The molecule has 4 aromatic rings. The van der Waals surface area contributed by atoms with Gasteiger partial charge in [-0.05, 0) is 43.3 Å². The average molecular weight is 418 g/mol. The SMILES string of the molecule is Cc1cc([C@H](Nc2ccccn2)c2ccccc2F)c(NC(=O)c2ccccc2)s1. The Morgan fingerprint density at radius 1 is 0.967 bits per heavy atom. The van der Waals surface area contributed by atoms with Crippen molar-refractivity contribution in [2.75, 3.05) is 10.6 Å². The minimum atomic E-state index is -0.517. The van der Waals surface area contributed by atoms with E-state index in [1.54, 1.807) is 36.5 Å². The van der Waals surface area contributed by atoms with Crippen molar-refractivity contribution in [3.8, 4) is 0 Å². The number of thiophene rings is 1. The topological polar surface area (TPSA) is 54.0 Å². The molecule has 0 unspecified atom stereocenters. The van der Waals surface area contributed by atoms with Crippen LogP contribution in [0.15, 0.2) is 85.1 Å². The van der Waals surface area contributed by atoms with E-state index in [-0.39, 0.29) is 11.7 Å². The molecule has 2 aromatic carbocycles. The van der Waals surface area contributed by atoms with E-state index in [2.05, 4.69) is 15.6 Å². The molecule has 4 rings (SSSR count). The molecule has 2 N–H and O–H groups in total. The van der Waals surface area contributed by atoms with Gasteiger partial charge in [0, 0.05) is 27.8 Å². The van der Waals surface area contributed by atoms with Crippen LogP contribution in [0.5, 0.6) is 0 Å². The van der Waals surface area contributed by atoms with Gasteiger partial charge >= 0.3 is 0 Å². The number of aryl methyl sites for hydroxylation is 1. The first kappa shape index (κ1) is 19.8. The predicted molar refractivity (Wildman–Crippen MR) is 120 cm³/mol. The summed E-state index contributed by atoms with van der Waals surface area (Å²) in [5.74, 6) is 0.0916. The van der Waals surface area contributed by atoms with Crippen LogP contribution in [-0.2, 0) is 0 Å². The third-order valence-electron chi connectivity index (χ3n) is 4.63. The molecule has 30 heavy (non-hydrogen) atoms. The van der Waals surface area contributed by atoms with Crippen molar-refractivity contribution in [1.29, 1.82) is 0 Å². The minimum absolute atomic E-state index is 0.205. The van der Waals surface area contributed by atoms with Gasteiger partial charge < -0.3 is 10.6 Å². The smallest absolute Gasteiger partial charge is 0.256 e. The fraction of sp³-hybridized carbons (Fsp3) is 0.0833. The molecule has 0 saturated carbocycles. The number of carbonyl (C=O) groups is 1. The second kappa shape index (κ2) is 8.88. The fourth-order valence-electron chi connectivity index (χ4n) is 3.24. The maximum absolute atomic E-state index is 14.7. The van der Waals surface area contributed by atoms with Crippen LogP contribution in [0, 0.1) is 12.7 Å². The minimum Gasteiger partial charge on any atom is -0.359 e. The number of hydrogen-bond acceptors (Lipinski definition) is 4. The highest BCUT2D eigenvalue weighted by Gasteiger charge is 2.24. The molecule has 0 aliphatic heterocycles. The highest BCUT2D eigenvalue weighted by Crippen LogP contribution is 2.38. The van der Waals surface area contributed by atoms with Gasteiger partial charge in [-0.1, -0.05) is 42.5 Å². The molecule has 6 heteroatoms. The van der Waals surface area contributed by atoms with Crippen molar-refractivity contribution in [3.05, 3.63) is 112 Å². The molecule has 0 fully saturated rings. The highest BCUT2D eigenvalue weighted by atomic mass is 32.1. The summed E-state index contributed by atoms with van der Waals surface area (Å²) in [6, 6.07) is 22.6. The number of anilines is 2. The molecule has 2 heterocycles. The zero-order valence-electron chi connectivity index (χ0n) is 16.3. The zero-order chi connectivity index (χ0) is 20.9. The summed E-state index contributed by atoms with van der Waals surface area (Å²) in [5.41, 5.74) is 1.84. The maximum atomic E-state index is 14.7. The number of hydrogen-bond donors (Lipinski definition) is 2. The Kier molecular flexibility index (Phi) is 5.86. The van der Waals surface area contributed by atoms with Crippen LogP contribution in [-0.4, -0.2) is 10.9 Å². The van der Waals surface area contributed by atoms with Crippen LogP contribution in [0.1, 0.15) is 32.4 Å².